The number of urea groups is 1. The van der Waals surface area contributed by atoms with Gasteiger partial charge < -0.3 is 25.4 Å². The monoisotopic (exact) mass is 425 g/mol. The number of halogens is 1. The van der Waals surface area contributed by atoms with Crippen molar-refractivity contribution in [3.63, 3.8) is 0 Å². The summed E-state index contributed by atoms with van der Waals surface area (Å²) >= 11 is 6.08. The number of aliphatic carboxylic acids is 1. The summed E-state index contributed by atoms with van der Waals surface area (Å²) in [4.78, 5) is 38.4. The third-order valence-electron chi connectivity index (χ3n) is 5.15. The number of ether oxygens (including phenoxy) is 1. The van der Waals surface area contributed by atoms with Gasteiger partial charge in [0.2, 0.25) is 5.91 Å². The van der Waals surface area contributed by atoms with E-state index in [1.807, 2.05) is 6.92 Å². The second-order valence-electron chi connectivity index (χ2n) is 7.42. The maximum absolute atomic E-state index is 13.1. The number of carboxylic acid groups (broad SMARTS) is 1. The summed E-state index contributed by atoms with van der Waals surface area (Å²) in [7, 11) is 1.50. The van der Waals surface area contributed by atoms with Crippen LogP contribution in [-0.2, 0) is 9.59 Å². The Bertz CT molecular complexity index is 764. The third kappa shape index (κ3) is 5.76. The Morgan fingerprint density at radius 1 is 1.31 bits per heavy atom. The van der Waals surface area contributed by atoms with Crippen LogP contribution in [0.2, 0.25) is 5.02 Å². The number of nitrogens with one attached hydrogen (secondary N) is 2. The summed E-state index contributed by atoms with van der Waals surface area (Å²) in [6.07, 6.45) is 1.99. The molecule has 1 atom stereocenters. The van der Waals surface area contributed by atoms with Crippen molar-refractivity contribution in [2.45, 2.75) is 45.1 Å². The van der Waals surface area contributed by atoms with Crippen LogP contribution in [0, 0.1) is 5.92 Å². The molecule has 1 aromatic rings. The maximum Gasteiger partial charge on any atom is 0.320 e. The second-order valence-corrected chi connectivity index (χ2v) is 7.82. The lowest BCUT2D eigenvalue weighted by atomic mass is 9.91. The molecule has 2 rings (SSSR count). The third-order valence-corrected chi connectivity index (χ3v) is 5.45. The topological polar surface area (TPSA) is 108 Å². The molecule has 1 fully saturated rings. The minimum atomic E-state index is -1.09. The summed E-state index contributed by atoms with van der Waals surface area (Å²) in [6, 6.07) is 4.34. The standard InChI is InChI=1S/C20H28ClN3O5/c1-4-9-20(2,18(27)24-10-7-13(8-11-24)17(25)26)23-19(28)22-14-5-6-16(29-3)15(21)12-14/h5-6,12-13H,4,7-11H2,1-3H3,(H,25,26)(H2,22,23,28). The Labute approximate surface area is 175 Å². The van der Waals surface area contributed by atoms with Crippen LogP contribution >= 0.6 is 11.6 Å². The van der Waals surface area contributed by atoms with Gasteiger partial charge in [0, 0.05) is 18.8 Å². The number of carbonyl (C=O) groups excluding carboxylic acids is 2. The van der Waals surface area contributed by atoms with Gasteiger partial charge in [0.25, 0.3) is 0 Å². The fraction of sp³-hybridized carbons (Fsp3) is 0.550. The minimum Gasteiger partial charge on any atom is -0.495 e. The first-order chi connectivity index (χ1) is 13.7. The highest BCUT2D eigenvalue weighted by Gasteiger charge is 2.39. The molecular weight excluding hydrogens is 398 g/mol. The summed E-state index contributed by atoms with van der Waals surface area (Å²) in [5.74, 6) is -0.962. The zero-order valence-electron chi connectivity index (χ0n) is 17.0. The summed E-state index contributed by atoms with van der Waals surface area (Å²) < 4.78 is 5.09. The Morgan fingerprint density at radius 3 is 2.48 bits per heavy atom. The lowest BCUT2D eigenvalue weighted by Crippen LogP contribution is -2.59. The van der Waals surface area contributed by atoms with E-state index in [1.54, 1.807) is 30.0 Å². The zero-order chi connectivity index (χ0) is 21.6. The van der Waals surface area contributed by atoms with Crippen LogP contribution in [0.3, 0.4) is 0 Å². The van der Waals surface area contributed by atoms with Crippen LogP contribution in [0.4, 0.5) is 10.5 Å². The van der Waals surface area contributed by atoms with Crippen LogP contribution in [0.15, 0.2) is 18.2 Å². The van der Waals surface area contributed by atoms with Crippen molar-refractivity contribution in [1.82, 2.24) is 10.2 Å². The molecule has 0 saturated carbocycles. The average molecular weight is 426 g/mol. The van der Waals surface area contributed by atoms with Gasteiger partial charge in [-0.05, 0) is 44.4 Å². The van der Waals surface area contributed by atoms with Gasteiger partial charge in [-0.15, -0.1) is 0 Å². The molecule has 1 saturated heterocycles. The average Bonchev–Trinajstić information content (AvgIpc) is 2.67. The fourth-order valence-electron chi connectivity index (χ4n) is 3.56. The highest BCUT2D eigenvalue weighted by atomic mass is 35.5. The maximum atomic E-state index is 13.1. The normalized spacial score (nSPS) is 16.6. The van der Waals surface area contributed by atoms with Crippen LogP contribution in [0.25, 0.3) is 0 Å². The fourth-order valence-corrected chi connectivity index (χ4v) is 3.82. The van der Waals surface area contributed by atoms with Crippen molar-refractivity contribution < 1.29 is 24.2 Å². The molecule has 0 aromatic heterocycles. The number of nitrogens with zero attached hydrogens (tertiary/aromatic N) is 1. The summed E-state index contributed by atoms with van der Waals surface area (Å²) in [6.45, 7) is 4.37. The molecule has 9 heteroatoms. The number of amides is 3. The molecule has 0 radical (unpaired) electrons. The van der Waals surface area contributed by atoms with E-state index in [-0.39, 0.29) is 5.91 Å². The number of carbonyl (C=O) groups is 3. The molecule has 3 amide bonds. The smallest absolute Gasteiger partial charge is 0.320 e. The van der Waals surface area contributed by atoms with E-state index in [0.717, 1.165) is 0 Å². The number of hydrogen-bond donors (Lipinski definition) is 3. The number of hydrogen-bond acceptors (Lipinski definition) is 4. The number of anilines is 1. The van der Waals surface area contributed by atoms with Crippen LogP contribution in [0.1, 0.15) is 39.5 Å². The van der Waals surface area contributed by atoms with E-state index < -0.39 is 23.5 Å². The first kappa shape index (κ1) is 22.8. The molecule has 8 nitrogen and oxygen atoms in total. The van der Waals surface area contributed by atoms with Gasteiger partial charge >= 0.3 is 12.0 Å². The molecule has 1 heterocycles. The summed E-state index contributed by atoms with van der Waals surface area (Å²) in [5.41, 5.74) is -0.618. The van der Waals surface area contributed by atoms with Crippen molar-refractivity contribution >= 4 is 35.2 Å². The second kappa shape index (κ2) is 9.82. The predicted octanol–water partition coefficient (Wildman–Crippen LogP) is 3.35. The molecule has 0 bridgehead atoms. The van der Waals surface area contributed by atoms with Gasteiger partial charge in [0.1, 0.15) is 11.3 Å². The molecule has 1 aliphatic heterocycles. The molecule has 160 valence electrons. The van der Waals surface area contributed by atoms with Crippen LogP contribution in [-0.4, -0.2) is 53.7 Å². The first-order valence-corrected chi connectivity index (χ1v) is 10.0. The number of carboxylic acids is 1. The van der Waals surface area contributed by atoms with Gasteiger partial charge in [-0.25, -0.2) is 4.79 Å². The van der Waals surface area contributed by atoms with Crippen molar-refractivity contribution in [3.05, 3.63) is 23.2 Å². The van der Waals surface area contributed by atoms with Crippen LogP contribution in [0.5, 0.6) is 5.75 Å². The van der Waals surface area contributed by atoms with E-state index >= 15 is 0 Å². The Kier molecular flexibility index (Phi) is 7.73. The zero-order valence-corrected chi connectivity index (χ0v) is 17.7. The molecule has 0 spiro atoms. The van der Waals surface area contributed by atoms with Crippen molar-refractivity contribution in [1.29, 1.82) is 0 Å². The number of rotatable bonds is 7. The van der Waals surface area contributed by atoms with Gasteiger partial charge in [-0.1, -0.05) is 24.9 Å². The Hall–Kier alpha value is -2.48. The molecule has 1 unspecified atom stereocenters. The van der Waals surface area contributed by atoms with Crippen molar-refractivity contribution in [3.8, 4) is 5.75 Å². The van der Waals surface area contributed by atoms with E-state index in [1.165, 1.54) is 7.11 Å². The quantitative estimate of drug-likeness (QED) is 0.620. The molecular formula is C20H28ClN3O5. The lowest BCUT2D eigenvalue weighted by Gasteiger charge is -2.38. The molecule has 3 N–H and O–H groups in total. The highest BCUT2D eigenvalue weighted by molar-refractivity contribution is 6.32. The largest absolute Gasteiger partial charge is 0.495 e. The van der Waals surface area contributed by atoms with Gasteiger partial charge in [0.15, 0.2) is 0 Å². The Morgan fingerprint density at radius 2 is 1.97 bits per heavy atom. The first-order valence-electron chi connectivity index (χ1n) is 9.65. The van der Waals surface area contributed by atoms with Gasteiger partial charge in [0.05, 0.1) is 18.1 Å². The highest BCUT2D eigenvalue weighted by Crippen LogP contribution is 2.27. The Balaban J connectivity index is 2.05. The number of methoxy groups -OCH3 is 1. The predicted molar refractivity (Wildman–Crippen MR) is 110 cm³/mol. The van der Waals surface area contributed by atoms with Crippen molar-refractivity contribution in [2.75, 3.05) is 25.5 Å². The van der Waals surface area contributed by atoms with E-state index in [9.17, 15) is 14.4 Å². The molecule has 29 heavy (non-hydrogen) atoms. The molecule has 1 aliphatic rings. The minimum absolute atomic E-state index is 0.203. The number of likely N-dealkylation sites (tertiary alicyclic amines) is 1. The number of benzene rings is 1. The van der Waals surface area contributed by atoms with E-state index in [0.29, 0.717) is 55.2 Å². The van der Waals surface area contributed by atoms with E-state index in [4.69, 9.17) is 21.4 Å². The SMILES string of the molecule is CCCC(C)(NC(=O)Nc1ccc(OC)c(Cl)c1)C(=O)N1CCC(C(=O)O)CC1. The van der Waals surface area contributed by atoms with Crippen LogP contribution < -0.4 is 15.4 Å². The summed E-state index contributed by atoms with van der Waals surface area (Å²) in [5, 5.41) is 15.0. The molecule has 0 aliphatic carbocycles. The van der Waals surface area contributed by atoms with E-state index in [2.05, 4.69) is 10.6 Å². The van der Waals surface area contributed by atoms with Gasteiger partial charge in [-0.2, -0.15) is 0 Å². The number of piperidine rings is 1. The lowest BCUT2D eigenvalue weighted by molar-refractivity contribution is -0.147. The molecule has 1 aromatic carbocycles. The van der Waals surface area contributed by atoms with Crippen molar-refractivity contribution in [2.24, 2.45) is 5.92 Å². The van der Waals surface area contributed by atoms with Gasteiger partial charge in [-0.3, -0.25) is 9.59 Å².